The van der Waals surface area contributed by atoms with Crippen molar-refractivity contribution in [3.63, 3.8) is 0 Å². The van der Waals surface area contributed by atoms with Gasteiger partial charge in [0.1, 0.15) is 12.6 Å². The fraction of sp³-hybridized carbons (Fsp3) is 0.391. The standard InChI is InChI=1S/C23H30ClN3O4S/c1-6-25-23(29)18(4)26(14-19-9-7-16(2)8-10-19)22(28)15-27(32(5,30)31)21-12-11-20(24)13-17(21)3/h7-13,18H,6,14-15H2,1-5H3,(H,25,29)/t18-/m0/s1. The summed E-state index contributed by atoms with van der Waals surface area (Å²) in [6.45, 7) is 7.29. The predicted octanol–water partition coefficient (Wildman–Crippen LogP) is 3.28. The number of hydrogen-bond donors (Lipinski definition) is 1. The van der Waals surface area contributed by atoms with Crippen molar-refractivity contribution in [2.24, 2.45) is 0 Å². The molecule has 0 bridgehead atoms. The Morgan fingerprint density at radius 3 is 2.25 bits per heavy atom. The maximum absolute atomic E-state index is 13.4. The number of halogens is 1. The number of rotatable bonds is 9. The van der Waals surface area contributed by atoms with Gasteiger partial charge in [-0.25, -0.2) is 8.42 Å². The van der Waals surface area contributed by atoms with Crippen molar-refractivity contribution in [2.45, 2.75) is 40.3 Å². The van der Waals surface area contributed by atoms with Crippen molar-refractivity contribution in [3.05, 3.63) is 64.2 Å². The Morgan fingerprint density at radius 2 is 1.72 bits per heavy atom. The van der Waals surface area contributed by atoms with Gasteiger partial charge in [0.05, 0.1) is 11.9 Å². The van der Waals surface area contributed by atoms with E-state index in [0.717, 1.165) is 21.7 Å². The van der Waals surface area contributed by atoms with E-state index in [-0.39, 0.29) is 12.5 Å². The molecule has 2 amide bonds. The molecule has 1 atom stereocenters. The lowest BCUT2D eigenvalue weighted by Gasteiger charge is -2.32. The highest BCUT2D eigenvalue weighted by atomic mass is 35.5. The minimum atomic E-state index is -3.77. The van der Waals surface area contributed by atoms with E-state index in [9.17, 15) is 18.0 Å². The molecule has 174 valence electrons. The number of aryl methyl sites for hydroxylation is 2. The molecular weight excluding hydrogens is 450 g/mol. The van der Waals surface area contributed by atoms with Crippen LogP contribution in [0.1, 0.15) is 30.5 Å². The summed E-state index contributed by atoms with van der Waals surface area (Å²) in [6.07, 6.45) is 1.05. The van der Waals surface area contributed by atoms with Gasteiger partial charge in [-0.05, 0) is 57.0 Å². The molecule has 0 unspecified atom stereocenters. The number of anilines is 1. The summed E-state index contributed by atoms with van der Waals surface area (Å²) in [5.74, 6) is -0.786. The van der Waals surface area contributed by atoms with Crippen molar-refractivity contribution in [2.75, 3.05) is 23.7 Å². The summed E-state index contributed by atoms with van der Waals surface area (Å²) in [5, 5.41) is 3.20. The number of carbonyl (C=O) groups excluding carboxylic acids is 2. The molecule has 2 aromatic carbocycles. The van der Waals surface area contributed by atoms with Crippen LogP contribution in [0.5, 0.6) is 0 Å². The summed E-state index contributed by atoms with van der Waals surface area (Å²) in [4.78, 5) is 27.3. The van der Waals surface area contributed by atoms with Gasteiger partial charge < -0.3 is 10.2 Å². The first kappa shape index (κ1) is 25.7. The number of benzene rings is 2. The van der Waals surface area contributed by atoms with E-state index in [2.05, 4.69) is 5.32 Å². The predicted molar refractivity (Wildman–Crippen MR) is 128 cm³/mol. The van der Waals surface area contributed by atoms with E-state index < -0.39 is 28.5 Å². The fourth-order valence-electron chi connectivity index (χ4n) is 3.29. The van der Waals surface area contributed by atoms with Gasteiger partial charge in [-0.1, -0.05) is 41.4 Å². The van der Waals surface area contributed by atoms with Crippen LogP contribution in [0.3, 0.4) is 0 Å². The van der Waals surface area contributed by atoms with E-state index in [4.69, 9.17) is 11.6 Å². The van der Waals surface area contributed by atoms with Crippen LogP contribution in [0.2, 0.25) is 5.02 Å². The molecule has 9 heteroatoms. The second-order valence-electron chi connectivity index (χ2n) is 7.78. The third kappa shape index (κ3) is 6.71. The zero-order chi connectivity index (χ0) is 24.1. The number of hydrogen-bond acceptors (Lipinski definition) is 4. The molecule has 0 aliphatic heterocycles. The fourth-order valence-corrected chi connectivity index (χ4v) is 4.42. The van der Waals surface area contributed by atoms with Crippen LogP contribution < -0.4 is 9.62 Å². The average molecular weight is 480 g/mol. The van der Waals surface area contributed by atoms with Crippen LogP contribution in [0.25, 0.3) is 0 Å². The number of sulfonamides is 1. The Hall–Kier alpha value is -2.58. The van der Waals surface area contributed by atoms with E-state index in [1.54, 1.807) is 39.0 Å². The normalized spacial score (nSPS) is 12.2. The van der Waals surface area contributed by atoms with Crippen LogP contribution in [0, 0.1) is 13.8 Å². The second kappa shape index (κ2) is 10.8. The van der Waals surface area contributed by atoms with E-state index in [1.165, 1.54) is 4.90 Å². The number of carbonyl (C=O) groups is 2. The first-order chi connectivity index (χ1) is 14.9. The summed E-state index contributed by atoms with van der Waals surface area (Å²) >= 11 is 6.01. The van der Waals surface area contributed by atoms with Gasteiger partial charge in [0.2, 0.25) is 21.8 Å². The summed E-state index contributed by atoms with van der Waals surface area (Å²) in [7, 11) is -3.77. The van der Waals surface area contributed by atoms with Gasteiger partial charge in [0.25, 0.3) is 0 Å². The Kier molecular flexibility index (Phi) is 8.69. The summed E-state index contributed by atoms with van der Waals surface area (Å²) in [6, 6.07) is 11.6. The topological polar surface area (TPSA) is 86.8 Å². The van der Waals surface area contributed by atoms with Gasteiger partial charge in [-0.3, -0.25) is 13.9 Å². The molecule has 0 spiro atoms. The molecule has 0 saturated carbocycles. The highest BCUT2D eigenvalue weighted by Gasteiger charge is 2.30. The first-order valence-corrected chi connectivity index (χ1v) is 12.5. The van der Waals surface area contributed by atoms with Crippen LogP contribution in [-0.2, 0) is 26.2 Å². The van der Waals surface area contributed by atoms with Crippen molar-refractivity contribution >= 4 is 39.1 Å². The molecule has 0 radical (unpaired) electrons. The quantitative estimate of drug-likeness (QED) is 0.598. The SMILES string of the molecule is CCNC(=O)[C@H](C)N(Cc1ccc(C)cc1)C(=O)CN(c1ccc(Cl)cc1C)S(C)(=O)=O. The van der Waals surface area contributed by atoms with Crippen molar-refractivity contribution in [1.82, 2.24) is 10.2 Å². The third-order valence-electron chi connectivity index (χ3n) is 5.10. The molecule has 0 fully saturated rings. The lowest BCUT2D eigenvalue weighted by molar-refractivity contribution is -0.139. The van der Waals surface area contributed by atoms with Crippen molar-refractivity contribution < 1.29 is 18.0 Å². The molecule has 0 saturated heterocycles. The second-order valence-corrected chi connectivity index (χ2v) is 10.1. The number of likely N-dealkylation sites (N-methyl/N-ethyl adjacent to an activating group) is 1. The van der Waals surface area contributed by atoms with Crippen LogP contribution in [-0.4, -0.2) is 50.5 Å². The molecule has 0 aliphatic carbocycles. The molecule has 0 aliphatic rings. The molecule has 2 rings (SSSR count). The highest BCUT2D eigenvalue weighted by Crippen LogP contribution is 2.26. The zero-order valence-corrected chi connectivity index (χ0v) is 20.6. The van der Waals surface area contributed by atoms with Crippen LogP contribution in [0.15, 0.2) is 42.5 Å². The number of nitrogens with one attached hydrogen (secondary N) is 1. The average Bonchev–Trinajstić information content (AvgIpc) is 2.71. The lowest BCUT2D eigenvalue weighted by atomic mass is 10.1. The molecule has 1 N–H and O–H groups in total. The Morgan fingerprint density at radius 1 is 1.09 bits per heavy atom. The highest BCUT2D eigenvalue weighted by molar-refractivity contribution is 7.92. The zero-order valence-electron chi connectivity index (χ0n) is 19.1. The Bertz CT molecular complexity index is 1070. The lowest BCUT2D eigenvalue weighted by Crippen LogP contribution is -2.51. The molecular formula is C23H30ClN3O4S. The molecule has 7 nitrogen and oxygen atoms in total. The van der Waals surface area contributed by atoms with Crippen molar-refractivity contribution in [3.8, 4) is 0 Å². The van der Waals surface area contributed by atoms with E-state index in [0.29, 0.717) is 22.8 Å². The minimum Gasteiger partial charge on any atom is -0.355 e. The molecule has 32 heavy (non-hydrogen) atoms. The van der Waals surface area contributed by atoms with E-state index >= 15 is 0 Å². The minimum absolute atomic E-state index is 0.175. The largest absolute Gasteiger partial charge is 0.355 e. The molecule has 0 heterocycles. The van der Waals surface area contributed by atoms with Gasteiger partial charge in [-0.15, -0.1) is 0 Å². The number of nitrogens with zero attached hydrogens (tertiary/aromatic N) is 2. The van der Waals surface area contributed by atoms with Crippen LogP contribution in [0.4, 0.5) is 5.69 Å². The third-order valence-corrected chi connectivity index (χ3v) is 6.46. The Balaban J connectivity index is 2.40. The monoisotopic (exact) mass is 479 g/mol. The number of amides is 2. The van der Waals surface area contributed by atoms with Gasteiger partial charge in [0.15, 0.2) is 0 Å². The molecule has 0 aromatic heterocycles. The van der Waals surface area contributed by atoms with Gasteiger partial charge in [0, 0.05) is 18.1 Å². The summed E-state index contributed by atoms with van der Waals surface area (Å²) in [5.41, 5.74) is 2.90. The van der Waals surface area contributed by atoms with E-state index in [1.807, 2.05) is 31.2 Å². The van der Waals surface area contributed by atoms with Gasteiger partial charge >= 0.3 is 0 Å². The van der Waals surface area contributed by atoms with Gasteiger partial charge in [-0.2, -0.15) is 0 Å². The molecule has 2 aromatic rings. The Labute approximate surface area is 195 Å². The maximum atomic E-state index is 13.4. The maximum Gasteiger partial charge on any atom is 0.244 e. The smallest absolute Gasteiger partial charge is 0.244 e. The first-order valence-electron chi connectivity index (χ1n) is 10.3. The van der Waals surface area contributed by atoms with Crippen LogP contribution >= 0.6 is 11.6 Å². The summed E-state index contributed by atoms with van der Waals surface area (Å²) < 4.78 is 26.2. The van der Waals surface area contributed by atoms with Crippen molar-refractivity contribution in [1.29, 1.82) is 0 Å².